The molecule has 0 radical (unpaired) electrons. The van der Waals surface area contributed by atoms with Crippen molar-refractivity contribution in [2.45, 2.75) is 25.0 Å². The lowest BCUT2D eigenvalue weighted by atomic mass is 10.0. The van der Waals surface area contributed by atoms with Crippen molar-refractivity contribution in [1.29, 1.82) is 0 Å². The van der Waals surface area contributed by atoms with Gasteiger partial charge in [-0.25, -0.2) is 4.79 Å². The first-order valence-corrected chi connectivity index (χ1v) is 6.97. The number of ether oxygens (including phenoxy) is 1. The minimum atomic E-state index is -1.65. The zero-order chi connectivity index (χ0) is 13.4. The van der Waals surface area contributed by atoms with Gasteiger partial charge in [0.05, 0.1) is 0 Å². The van der Waals surface area contributed by atoms with Gasteiger partial charge in [0.25, 0.3) is 0 Å². The molecular formula is C13H18BrNO3. The fourth-order valence-electron chi connectivity index (χ4n) is 1.54. The van der Waals surface area contributed by atoms with E-state index in [4.69, 9.17) is 10.5 Å². The first kappa shape index (κ1) is 15.1. The normalized spacial score (nSPS) is 14.1. The molecule has 100 valence electrons. The van der Waals surface area contributed by atoms with Gasteiger partial charge >= 0.3 is 5.97 Å². The number of hydrogen-bond acceptors (Lipinski definition) is 3. The van der Waals surface area contributed by atoms with Gasteiger partial charge in [0.2, 0.25) is 5.72 Å². The molecule has 0 unspecified atom stereocenters. The highest BCUT2D eigenvalue weighted by Crippen LogP contribution is 2.14. The van der Waals surface area contributed by atoms with E-state index >= 15 is 0 Å². The highest BCUT2D eigenvalue weighted by molar-refractivity contribution is 9.09. The molecule has 5 heteroatoms. The number of rotatable bonds is 8. The van der Waals surface area contributed by atoms with Crippen molar-refractivity contribution in [2.75, 3.05) is 11.9 Å². The minimum Gasteiger partial charge on any atom is -0.478 e. The predicted octanol–water partition coefficient (Wildman–Crippen LogP) is 2.16. The Morgan fingerprint density at radius 3 is 2.56 bits per heavy atom. The SMILES string of the molecule is N[C@](Cc1ccccc1)(OCCCCBr)C(=O)O. The van der Waals surface area contributed by atoms with Gasteiger partial charge in [0.15, 0.2) is 0 Å². The van der Waals surface area contributed by atoms with Crippen LogP contribution in [0.3, 0.4) is 0 Å². The van der Waals surface area contributed by atoms with Crippen molar-refractivity contribution in [3.8, 4) is 0 Å². The molecule has 0 amide bonds. The fraction of sp³-hybridized carbons (Fsp3) is 0.462. The molecule has 0 aliphatic heterocycles. The van der Waals surface area contributed by atoms with Crippen LogP contribution in [-0.4, -0.2) is 28.7 Å². The van der Waals surface area contributed by atoms with E-state index in [-0.39, 0.29) is 6.42 Å². The number of benzene rings is 1. The monoisotopic (exact) mass is 315 g/mol. The summed E-state index contributed by atoms with van der Waals surface area (Å²) in [4.78, 5) is 11.2. The first-order chi connectivity index (χ1) is 8.58. The summed E-state index contributed by atoms with van der Waals surface area (Å²) in [6.45, 7) is 0.348. The first-order valence-electron chi connectivity index (χ1n) is 5.84. The fourth-order valence-corrected chi connectivity index (χ4v) is 1.93. The summed E-state index contributed by atoms with van der Waals surface area (Å²) in [5.74, 6) is -1.13. The number of halogens is 1. The van der Waals surface area contributed by atoms with Crippen LogP contribution in [0.4, 0.5) is 0 Å². The van der Waals surface area contributed by atoms with Crippen LogP contribution in [0.1, 0.15) is 18.4 Å². The Bertz CT molecular complexity index is 372. The number of alkyl halides is 1. The molecule has 18 heavy (non-hydrogen) atoms. The zero-order valence-electron chi connectivity index (χ0n) is 10.1. The Kier molecular flexibility index (Phi) is 6.32. The highest BCUT2D eigenvalue weighted by atomic mass is 79.9. The van der Waals surface area contributed by atoms with Crippen LogP contribution in [0, 0.1) is 0 Å². The quantitative estimate of drug-likeness (QED) is 0.438. The van der Waals surface area contributed by atoms with Crippen molar-refractivity contribution in [2.24, 2.45) is 5.73 Å². The molecule has 4 nitrogen and oxygen atoms in total. The standard InChI is InChI=1S/C13H18BrNO3/c14-8-4-5-9-18-13(15,12(16)17)10-11-6-2-1-3-7-11/h1-3,6-7H,4-5,8-10,15H2,(H,16,17)/t13-/m1/s1. The van der Waals surface area contributed by atoms with Gasteiger partial charge in [-0.1, -0.05) is 46.3 Å². The maximum Gasteiger partial charge on any atom is 0.351 e. The second kappa shape index (κ2) is 7.51. The average Bonchev–Trinajstić information content (AvgIpc) is 2.36. The number of nitrogens with two attached hydrogens (primary N) is 1. The van der Waals surface area contributed by atoms with Crippen molar-refractivity contribution in [3.05, 3.63) is 35.9 Å². The largest absolute Gasteiger partial charge is 0.478 e. The molecule has 0 spiro atoms. The molecule has 0 heterocycles. The predicted molar refractivity (Wildman–Crippen MR) is 73.7 cm³/mol. The van der Waals surface area contributed by atoms with Crippen LogP contribution in [-0.2, 0) is 16.0 Å². The lowest BCUT2D eigenvalue weighted by Gasteiger charge is -2.25. The maximum absolute atomic E-state index is 11.2. The molecule has 0 saturated heterocycles. The van der Waals surface area contributed by atoms with Crippen molar-refractivity contribution >= 4 is 21.9 Å². The van der Waals surface area contributed by atoms with Crippen LogP contribution in [0.5, 0.6) is 0 Å². The molecule has 0 aliphatic rings. The summed E-state index contributed by atoms with van der Waals surface area (Å²) in [6, 6.07) is 9.25. The molecular weight excluding hydrogens is 298 g/mol. The lowest BCUT2D eigenvalue weighted by molar-refractivity contribution is -0.165. The van der Waals surface area contributed by atoms with Crippen LogP contribution in [0.25, 0.3) is 0 Å². The Balaban J connectivity index is 2.60. The number of carbonyl (C=O) groups is 1. The second-order valence-corrected chi connectivity index (χ2v) is 4.89. The summed E-state index contributed by atoms with van der Waals surface area (Å²) in [6.07, 6.45) is 1.88. The molecule has 0 fully saturated rings. The van der Waals surface area contributed by atoms with Gasteiger partial charge in [0.1, 0.15) is 0 Å². The molecule has 0 aliphatic carbocycles. The van der Waals surface area contributed by atoms with Crippen LogP contribution in [0.15, 0.2) is 30.3 Å². The molecule has 3 N–H and O–H groups in total. The number of hydrogen-bond donors (Lipinski definition) is 2. The van der Waals surface area contributed by atoms with E-state index in [0.717, 1.165) is 23.7 Å². The molecule has 0 bridgehead atoms. The highest BCUT2D eigenvalue weighted by Gasteiger charge is 2.35. The van der Waals surface area contributed by atoms with E-state index in [1.54, 1.807) is 0 Å². The molecule has 1 rings (SSSR count). The third kappa shape index (κ3) is 4.76. The summed E-state index contributed by atoms with van der Waals surface area (Å²) in [5, 5.41) is 10.1. The van der Waals surface area contributed by atoms with E-state index in [2.05, 4.69) is 15.9 Å². The van der Waals surface area contributed by atoms with Crippen molar-refractivity contribution in [3.63, 3.8) is 0 Å². The van der Waals surface area contributed by atoms with Gasteiger partial charge in [-0.05, 0) is 18.4 Å². The third-order valence-electron chi connectivity index (χ3n) is 2.56. The summed E-state index contributed by atoms with van der Waals surface area (Å²) < 4.78 is 5.35. The van der Waals surface area contributed by atoms with E-state index in [1.165, 1.54) is 0 Å². The Morgan fingerprint density at radius 2 is 2.00 bits per heavy atom. The van der Waals surface area contributed by atoms with E-state index < -0.39 is 11.7 Å². The summed E-state index contributed by atoms with van der Waals surface area (Å²) in [7, 11) is 0. The van der Waals surface area contributed by atoms with Gasteiger partial charge in [-0.3, -0.25) is 5.73 Å². The summed E-state index contributed by atoms with van der Waals surface area (Å²) >= 11 is 3.31. The van der Waals surface area contributed by atoms with Gasteiger partial charge < -0.3 is 9.84 Å². The third-order valence-corrected chi connectivity index (χ3v) is 3.12. The van der Waals surface area contributed by atoms with Crippen LogP contribution >= 0.6 is 15.9 Å². The number of unbranched alkanes of at least 4 members (excludes halogenated alkanes) is 1. The van der Waals surface area contributed by atoms with Crippen molar-refractivity contribution < 1.29 is 14.6 Å². The van der Waals surface area contributed by atoms with Crippen LogP contribution in [0.2, 0.25) is 0 Å². The average molecular weight is 316 g/mol. The topological polar surface area (TPSA) is 72.5 Å². The van der Waals surface area contributed by atoms with Gasteiger partial charge in [-0.2, -0.15) is 0 Å². The number of carboxylic acid groups (broad SMARTS) is 1. The summed E-state index contributed by atoms with van der Waals surface area (Å²) in [5.41, 5.74) is 5.03. The van der Waals surface area contributed by atoms with Crippen molar-refractivity contribution in [1.82, 2.24) is 0 Å². The van der Waals surface area contributed by atoms with Gasteiger partial charge in [0, 0.05) is 18.4 Å². The Hall–Kier alpha value is -0.910. The lowest BCUT2D eigenvalue weighted by Crippen LogP contribution is -2.52. The van der Waals surface area contributed by atoms with Gasteiger partial charge in [-0.15, -0.1) is 0 Å². The molecule has 0 saturated carbocycles. The minimum absolute atomic E-state index is 0.164. The maximum atomic E-state index is 11.2. The van der Waals surface area contributed by atoms with E-state index in [9.17, 15) is 9.90 Å². The smallest absolute Gasteiger partial charge is 0.351 e. The Morgan fingerprint density at radius 1 is 1.33 bits per heavy atom. The molecule has 1 atom stereocenters. The van der Waals surface area contributed by atoms with E-state index in [0.29, 0.717) is 6.61 Å². The van der Waals surface area contributed by atoms with E-state index in [1.807, 2.05) is 30.3 Å². The number of aliphatic carboxylic acids is 1. The molecule has 1 aromatic carbocycles. The number of carboxylic acids is 1. The van der Waals surface area contributed by atoms with Crippen LogP contribution < -0.4 is 5.73 Å². The Labute approximate surface area is 115 Å². The zero-order valence-corrected chi connectivity index (χ0v) is 11.7. The molecule has 0 aromatic heterocycles. The second-order valence-electron chi connectivity index (χ2n) is 4.10. The molecule has 1 aromatic rings.